The molecule has 0 bridgehead atoms. The van der Waals surface area contributed by atoms with E-state index in [4.69, 9.17) is 16.6 Å². The highest BCUT2D eigenvalue weighted by atomic mass is 35.5. The number of benzene rings is 2. The zero-order chi connectivity index (χ0) is 23.0. The van der Waals surface area contributed by atoms with Gasteiger partial charge in [-0.2, -0.15) is 0 Å². The van der Waals surface area contributed by atoms with Crippen LogP contribution in [-0.4, -0.2) is 54.8 Å². The van der Waals surface area contributed by atoms with Gasteiger partial charge in [-0.25, -0.2) is 4.98 Å². The van der Waals surface area contributed by atoms with Gasteiger partial charge in [0.05, 0.1) is 15.9 Å². The highest BCUT2D eigenvalue weighted by Gasteiger charge is 2.31. The van der Waals surface area contributed by atoms with Crippen LogP contribution in [-0.2, 0) is 9.59 Å². The fraction of sp³-hybridized carbons (Fsp3) is 0.304. The maximum Gasteiger partial charge on any atom is 0.260 e. The van der Waals surface area contributed by atoms with E-state index < -0.39 is 0 Å². The number of fused-ring (bicyclic) bond motifs is 1. The number of rotatable bonds is 6. The summed E-state index contributed by atoms with van der Waals surface area (Å²) in [5.74, 6) is -0.735. The van der Waals surface area contributed by atoms with E-state index in [9.17, 15) is 14.4 Å². The van der Waals surface area contributed by atoms with Crippen molar-refractivity contribution in [2.75, 3.05) is 37.0 Å². The largest absolute Gasteiger partial charge is 0.308 e. The van der Waals surface area contributed by atoms with Crippen molar-refractivity contribution >= 4 is 74.1 Å². The predicted octanol–water partition coefficient (Wildman–Crippen LogP) is 4.54. The van der Waals surface area contributed by atoms with Crippen molar-refractivity contribution in [2.24, 2.45) is 0 Å². The van der Waals surface area contributed by atoms with E-state index in [0.29, 0.717) is 34.5 Å². The van der Waals surface area contributed by atoms with Crippen LogP contribution in [0.25, 0.3) is 10.2 Å². The molecular formula is C23H24Cl2N4O3S. The fourth-order valence-corrected chi connectivity index (χ4v) is 5.09. The Bertz CT molecular complexity index is 1210. The second kappa shape index (κ2) is 10.2. The van der Waals surface area contributed by atoms with Gasteiger partial charge in [-0.3, -0.25) is 24.2 Å². The van der Waals surface area contributed by atoms with Gasteiger partial charge in [-0.1, -0.05) is 29.0 Å². The van der Waals surface area contributed by atoms with Crippen LogP contribution in [0.2, 0.25) is 5.02 Å². The summed E-state index contributed by atoms with van der Waals surface area (Å²) in [6.07, 6.45) is 0.388. The molecule has 0 spiro atoms. The van der Waals surface area contributed by atoms with Gasteiger partial charge in [0.25, 0.3) is 5.91 Å². The molecule has 4 rings (SSSR count). The van der Waals surface area contributed by atoms with Crippen LogP contribution >= 0.6 is 35.3 Å². The van der Waals surface area contributed by atoms with Crippen molar-refractivity contribution in [1.29, 1.82) is 0 Å². The summed E-state index contributed by atoms with van der Waals surface area (Å²) in [6.45, 7) is 3.02. The molecule has 1 aromatic heterocycles. The topological polar surface area (TPSA) is 73.8 Å². The Kier molecular flexibility index (Phi) is 7.74. The van der Waals surface area contributed by atoms with E-state index in [1.807, 2.05) is 38.1 Å². The van der Waals surface area contributed by atoms with Crippen molar-refractivity contribution < 1.29 is 14.4 Å². The maximum absolute atomic E-state index is 13.6. The Morgan fingerprint density at radius 2 is 1.82 bits per heavy atom. The summed E-state index contributed by atoms with van der Waals surface area (Å²) in [6, 6.07) is 10.4. The van der Waals surface area contributed by atoms with Gasteiger partial charge in [0, 0.05) is 36.5 Å². The van der Waals surface area contributed by atoms with Crippen LogP contribution in [0.4, 0.5) is 10.8 Å². The summed E-state index contributed by atoms with van der Waals surface area (Å²) in [5, 5.41) is 1.21. The van der Waals surface area contributed by atoms with Crippen molar-refractivity contribution in [3.05, 3.63) is 52.5 Å². The van der Waals surface area contributed by atoms with Gasteiger partial charge in [-0.15, -0.1) is 12.4 Å². The van der Waals surface area contributed by atoms with Crippen LogP contribution in [0.3, 0.4) is 0 Å². The van der Waals surface area contributed by atoms with E-state index in [-0.39, 0.29) is 43.0 Å². The maximum atomic E-state index is 13.6. The first-order valence-electron chi connectivity index (χ1n) is 10.2. The van der Waals surface area contributed by atoms with E-state index in [1.54, 1.807) is 29.2 Å². The van der Waals surface area contributed by atoms with Gasteiger partial charge in [0.2, 0.25) is 11.8 Å². The number of carbonyl (C=O) groups is 3. The molecule has 1 aliphatic rings. The number of halogens is 2. The van der Waals surface area contributed by atoms with Gasteiger partial charge in [0.15, 0.2) is 5.13 Å². The fourth-order valence-electron chi connectivity index (χ4n) is 3.64. The van der Waals surface area contributed by atoms with E-state index in [0.717, 1.165) is 20.7 Å². The average Bonchev–Trinajstić information content (AvgIpc) is 3.31. The minimum atomic E-state index is -0.248. The van der Waals surface area contributed by atoms with Crippen LogP contribution < -0.4 is 9.80 Å². The second-order valence-corrected chi connectivity index (χ2v) is 9.44. The van der Waals surface area contributed by atoms with Crippen molar-refractivity contribution in [2.45, 2.75) is 19.8 Å². The number of hydrogen-bond donors (Lipinski definition) is 0. The lowest BCUT2D eigenvalue weighted by molar-refractivity contribution is -0.121. The van der Waals surface area contributed by atoms with Crippen molar-refractivity contribution in [3.8, 4) is 0 Å². The van der Waals surface area contributed by atoms with Crippen LogP contribution in [0, 0.1) is 6.92 Å². The van der Waals surface area contributed by atoms with Gasteiger partial charge < -0.3 is 4.90 Å². The number of amides is 3. The molecular weight excluding hydrogens is 483 g/mol. The van der Waals surface area contributed by atoms with Crippen LogP contribution in [0.1, 0.15) is 28.8 Å². The van der Waals surface area contributed by atoms with Crippen molar-refractivity contribution in [1.82, 2.24) is 9.88 Å². The minimum Gasteiger partial charge on any atom is -0.308 e. The molecule has 0 atom stereocenters. The molecule has 2 aromatic carbocycles. The third kappa shape index (κ3) is 5.19. The molecule has 1 saturated heterocycles. The lowest BCUT2D eigenvalue weighted by Gasteiger charge is -2.23. The number of anilines is 2. The molecule has 0 aliphatic carbocycles. The Balaban J connectivity index is 0.00000306. The molecule has 2 heterocycles. The third-order valence-electron chi connectivity index (χ3n) is 5.29. The highest BCUT2D eigenvalue weighted by molar-refractivity contribution is 7.22. The van der Waals surface area contributed by atoms with E-state index in [2.05, 4.69) is 0 Å². The van der Waals surface area contributed by atoms with Gasteiger partial charge in [-0.05, 0) is 56.9 Å². The summed E-state index contributed by atoms with van der Waals surface area (Å²) < 4.78 is 0.912. The number of aryl methyl sites for hydroxylation is 1. The van der Waals surface area contributed by atoms with E-state index >= 15 is 0 Å². The first kappa shape index (κ1) is 25.1. The normalized spacial score (nSPS) is 13.7. The number of carbonyl (C=O) groups excluding carboxylic acids is 3. The van der Waals surface area contributed by atoms with Gasteiger partial charge >= 0.3 is 0 Å². The molecule has 0 unspecified atom stereocenters. The van der Waals surface area contributed by atoms with Crippen molar-refractivity contribution in [3.63, 3.8) is 0 Å². The summed E-state index contributed by atoms with van der Waals surface area (Å²) >= 11 is 7.62. The molecule has 1 aliphatic heterocycles. The Morgan fingerprint density at radius 1 is 1.12 bits per heavy atom. The molecule has 0 radical (unpaired) electrons. The summed E-state index contributed by atoms with van der Waals surface area (Å²) in [7, 11) is 3.88. The molecule has 0 saturated carbocycles. The number of nitrogens with zero attached hydrogens (tertiary/aromatic N) is 4. The van der Waals surface area contributed by atoms with Crippen LogP contribution in [0.15, 0.2) is 36.4 Å². The molecule has 7 nitrogen and oxygen atoms in total. The zero-order valence-electron chi connectivity index (χ0n) is 18.5. The number of aromatic nitrogens is 1. The molecule has 3 amide bonds. The second-order valence-electron chi connectivity index (χ2n) is 8.00. The molecule has 174 valence electrons. The molecule has 33 heavy (non-hydrogen) atoms. The molecule has 1 fully saturated rings. The molecule has 3 aromatic rings. The molecule has 0 N–H and O–H groups in total. The number of likely N-dealkylation sites (N-methyl/N-ethyl adjacent to an activating group) is 1. The minimum absolute atomic E-state index is 0. The van der Waals surface area contributed by atoms with E-state index in [1.165, 1.54) is 11.3 Å². The predicted molar refractivity (Wildman–Crippen MR) is 135 cm³/mol. The SMILES string of the molecule is Cc1cc(Cl)cc2sc(N(CCN(C)C)C(=O)c3cccc(N4C(=O)CCC4=O)c3)nc12.Cl. The van der Waals surface area contributed by atoms with Crippen LogP contribution in [0.5, 0.6) is 0 Å². The summed E-state index contributed by atoms with van der Waals surface area (Å²) in [5.41, 5.74) is 2.58. The Morgan fingerprint density at radius 3 is 2.48 bits per heavy atom. The monoisotopic (exact) mass is 506 g/mol. The number of hydrogen-bond acceptors (Lipinski definition) is 6. The average molecular weight is 507 g/mol. The van der Waals surface area contributed by atoms with Gasteiger partial charge in [0.1, 0.15) is 0 Å². The quantitative estimate of drug-likeness (QED) is 0.458. The first-order chi connectivity index (χ1) is 15.2. The first-order valence-corrected chi connectivity index (χ1v) is 11.4. The smallest absolute Gasteiger partial charge is 0.260 e. The third-order valence-corrected chi connectivity index (χ3v) is 6.53. The number of thiazole rings is 1. The highest BCUT2D eigenvalue weighted by Crippen LogP contribution is 2.34. The lowest BCUT2D eigenvalue weighted by Crippen LogP contribution is -2.37. The lowest BCUT2D eigenvalue weighted by atomic mass is 10.1. The Labute approximate surface area is 207 Å². The standard InChI is InChI=1S/C23H23ClN4O3S.ClH/c1-14-11-16(24)13-18-21(14)25-23(32-18)27(10-9-26(2)3)22(31)15-5-4-6-17(12-15)28-19(29)7-8-20(28)30;/h4-6,11-13H,7-10H2,1-3H3;1H. The zero-order valence-corrected chi connectivity index (χ0v) is 20.9. The summed E-state index contributed by atoms with van der Waals surface area (Å²) in [4.78, 5) is 47.4. The Hall–Kier alpha value is -2.52. The molecule has 10 heteroatoms. The number of imide groups is 1.